The molecular weight excluding hydrogens is 210 g/mol. The van der Waals surface area contributed by atoms with Gasteiger partial charge in [0, 0.05) is 18.0 Å². The smallest absolute Gasteiger partial charge is 0.267 e. The molecule has 0 fully saturated rings. The summed E-state index contributed by atoms with van der Waals surface area (Å²) < 4.78 is 29.9. The standard InChI is InChI=1S/C7H11NO3S2/c1-6(13(9,10)11)2-3-7-8-4-5-12-7/h4-6H,2-3H2,1H3,(H,9,10,11). The third kappa shape index (κ3) is 3.41. The van der Waals surface area contributed by atoms with Crippen LogP contribution in [-0.4, -0.2) is 23.2 Å². The highest BCUT2D eigenvalue weighted by atomic mass is 32.2. The first-order valence-corrected chi connectivity index (χ1v) is 6.23. The van der Waals surface area contributed by atoms with E-state index in [1.165, 1.54) is 18.3 Å². The van der Waals surface area contributed by atoms with Gasteiger partial charge < -0.3 is 0 Å². The van der Waals surface area contributed by atoms with E-state index < -0.39 is 15.4 Å². The molecular formula is C7H11NO3S2. The molecule has 13 heavy (non-hydrogen) atoms. The Morgan fingerprint density at radius 1 is 1.69 bits per heavy atom. The van der Waals surface area contributed by atoms with Crippen LogP contribution in [0.2, 0.25) is 0 Å². The molecule has 0 aliphatic heterocycles. The van der Waals surface area contributed by atoms with Crippen molar-refractivity contribution in [2.45, 2.75) is 25.0 Å². The fourth-order valence-electron chi connectivity index (χ4n) is 0.852. The van der Waals surface area contributed by atoms with Gasteiger partial charge in [0.15, 0.2) is 0 Å². The van der Waals surface area contributed by atoms with Crippen molar-refractivity contribution in [3.8, 4) is 0 Å². The lowest BCUT2D eigenvalue weighted by Gasteiger charge is -2.05. The SMILES string of the molecule is CC(CCc1nccs1)S(=O)(=O)O. The van der Waals surface area contributed by atoms with Crippen molar-refractivity contribution in [1.82, 2.24) is 4.98 Å². The second kappa shape index (κ2) is 4.17. The van der Waals surface area contributed by atoms with Gasteiger partial charge >= 0.3 is 0 Å². The van der Waals surface area contributed by atoms with E-state index in [9.17, 15) is 8.42 Å². The van der Waals surface area contributed by atoms with Crippen LogP contribution in [0, 0.1) is 0 Å². The van der Waals surface area contributed by atoms with E-state index in [4.69, 9.17) is 4.55 Å². The average Bonchev–Trinajstić information content (AvgIpc) is 2.50. The van der Waals surface area contributed by atoms with Gasteiger partial charge in [0.1, 0.15) is 0 Å². The van der Waals surface area contributed by atoms with Crippen molar-refractivity contribution in [2.75, 3.05) is 0 Å². The van der Waals surface area contributed by atoms with Gasteiger partial charge in [0.25, 0.3) is 10.1 Å². The molecule has 1 rings (SSSR count). The zero-order chi connectivity index (χ0) is 9.90. The van der Waals surface area contributed by atoms with Crippen LogP contribution in [0.15, 0.2) is 11.6 Å². The van der Waals surface area contributed by atoms with Crippen molar-refractivity contribution in [2.24, 2.45) is 0 Å². The van der Waals surface area contributed by atoms with Crippen molar-refractivity contribution in [3.05, 3.63) is 16.6 Å². The second-order valence-electron chi connectivity index (χ2n) is 2.79. The maximum atomic E-state index is 10.6. The fourth-order valence-corrected chi connectivity index (χ4v) is 1.90. The van der Waals surface area contributed by atoms with Gasteiger partial charge in [-0.05, 0) is 13.3 Å². The molecule has 1 heterocycles. The molecule has 0 aliphatic rings. The Morgan fingerprint density at radius 3 is 2.85 bits per heavy atom. The summed E-state index contributed by atoms with van der Waals surface area (Å²) in [5, 5.41) is 2.03. The molecule has 1 aromatic heterocycles. The van der Waals surface area contributed by atoms with Crippen molar-refractivity contribution in [1.29, 1.82) is 0 Å². The summed E-state index contributed by atoms with van der Waals surface area (Å²) in [5.41, 5.74) is 0. The molecule has 0 aromatic carbocycles. The van der Waals surface area contributed by atoms with Gasteiger partial charge in [-0.25, -0.2) is 4.98 Å². The second-order valence-corrected chi connectivity index (χ2v) is 5.60. The zero-order valence-corrected chi connectivity index (χ0v) is 8.81. The Labute approximate surface area is 81.4 Å². The van der Waals surface area contributed by atoms with Crippen LogP contribution in [0.5, 0.6) is 0 Å². The first-order chi connectivity index (χ1) is 6.00. The number of aryl methyl sites for hydroxylation is 1. The molecule has 1 aromatic rings. The van der Waals surface area contributed by atoms with Crippen molar-refractivity contribution in [3.63, 3.8) is 0 Å². The first-order valence-electron chi connectivity index (χ1n) is 3.85. The lowest BCUT2D eigenvalue weighted by atomic mass is 10.2. The monoisotopic (exact) mass is 221 g/mol. The van der Waals surface area contributed by atoms with Crippen LogP contribution in [0.4, 0.5) is 0 Å². The van der Waals surface area contributed by atoms with E-state index in [1.54, 1.807) is 6.20 Å². The molecule has 1 unspecified atom stereocenters. The van der Waals surface area contributed by atoms with Crippen molar-refractivity contribution < 1.29 is 13.0 Å². The molecule has 0 spiro atoms. The fraction of sp³-hybridized carbons (Fsp3) is 0.571. The molecule has 0 saturated carbocycles. The third-order valence-electron chi connectivity index (χ3n) is 1.76. The zero-order valence-electron chi connectivity index (χ0n) is 7.17. The third-order valence-corrected chi connectivity index (χ3v) is 3.85. The normalized spacial score (nSPS) is 14.3. The van der Waals surface area contributed by atoms with Crippen LogP contribution in [0.3, 0.4) is 0 Å². The van der Waals surface area contributed by atoms with Crippen molar-refractivity contribution >= 4 is 21.5 Å². The van der Waals surface area contributed by atoms with Gasteiger partial charge in [-0.3, -0.25) is 4.55 Å². The molecule has 0 radical (unpaired) electrons. The molecule has 1 N–H and O–H groups in total. The minimum atomic E-state index is -3.88. The molecule has 0 aliphatic carbocycles. The van der Waals surface area contributed by atoms with Crippen LogP contribution < -0.4 is 0 Å². The largest absolute Gasteiger partial charge is 0.285 e. The number of thiazole rings is 1. The number of hydrogen-bond donors (Lipinski definition) is 1. The highest BCUT2D eigenvalue weighted by Gasteiger charge is 2.16. The highest BCUT2D eigenvalue weighted by molar-refractivity contribution is 7.86. The number of rotatable bonds is 4. The van der Waals surface area contributed by atoms with Gasteiger partial charge in [0.05, 0.1) is 10.3 Å². The molecule has 4 nitrogen and oxygen atoms in total. The number of nitrogens with zero attached hydrogens (tertiary/aromatic N) is 1. The lowest BCUT2D eigenvalue weighted by molar-refractivity contribution is 0.466. The predicted molar refractivity (Wildman–Crippen MR) is 51.4 cm³/mol. The Balaban J connectivity index is 2.44. The maximum absolute atomic E-state index is 10.6. The molecule has 0 saturated heterocycles. The highest BCUT2D eigenvalue weighted by Crippen LogP contribution is 2.11. The summed E-state index contributed by atoms with van der Waals surface area (Å²) in [6.07, 6.45) is 2.68. The van der Waals surface area contributed by atoms with Crippen LogP contribution in [-0.2, 0) is 16.5 Å². The number of hydrogen-bond acceptors (Lipinski definition) is 4. The van der Waals surface area contributed by atoms with E-state index in [2.05, 4.69) is 4.98 Å². The van der Waals surface area contributed by atoms with Gasteiger partial charge in [-0.1, -0.05) is 0 Å². The Morgan fingerprint density at radius 2 is 2.38 bits per heavy atom. The Kier molecular flexibility index (Phi) is 3.40. The van der Waals surface area contributed by atoms with Gasteiger partial charge in [-0.15, -0.1) is 11.3 Å². The van der Waals surface area contributed by atoms with Crippen LogP contribution in [0.1, 0.15) is 18.4 Å². The summed E-state index contributed by atoms with van der Waals surface area (Å²) in [5.74, 6) is 0. The van der Waals surface area contributed by atoms with E-state index in [0.29, 0.717) is 12.8 Å². The predicted octanol–water partition coefficient (Wildman–Crippen LogP) is 1.35. The van der Waals surface area contributed by atoms with Gasteiger partial charge in [0.2, 0.25) is 0 Å². The topological polar surface area (TPSA) is 67.3 Å². The minimum Gasteiger partial charge on any atom is -0.285 e. The summed E-state index contributed by atoms with van der Waals surface area (Å²) >= 11 is 1.49. The quantitative estimate of drug-likeness (QED) is 0.779. The molecule has 0 amide bonds. The van der Waals surface area contributed by atoms with Crippen LogP contribution >= 0.6 is 11.3 Å². The average molecular weight is 221 g/mol. The minimum absolute atomic E-state index is 0.409. The first kappa shape index (κ1) is 10.6. The Bertz CT molecular complexity index is 344. The number of aromatic nitrogens is 1. The van der Waals surface area contributed by atoms with E-state index in [-0.39, 0.29) is 0 Å². The summed E-state index contributed by atoms with van der Waals surface area (Å²) in [6, 6.07) is 0. The van der Waals surface area contributed by atoms with E-state index >= 15 is 0 Å². The molecule has 1 atom stereocenters. The maximum Gasteiger partial charge on any atom is 0.267 e. The molecule has 0 bridgehead atoms. The Hall–Kier alpha value is -0.460. The summed E-state index contributed by atoms with van der Waals surface area (Å²) in [4.78, 5) is 4.01. The summed E-state index contributed by atoms with van der Waals surface area (Å²) in [6.45, 7) is 1.49. The lowest BCUT2D eigenvalue weighted by Crippen LogP contribution is -2.17. The molecule has 6 heteroatoms. The van der Waals surface area contributed by atoms with E-state index in [1.807, 2.05) is 5.38 Å². The van der Waals surface area contributed by atoms with E-state index in [0.717, 1.165) is 5.01 Å². The van der Waals surface area contributed by atoms with Gasteiger partial charge in [-0.2, -0.15) is 8.42 Å². The summed E-state index contributed by atoms with van der Waals surface area (Å²) in [7, 11) is -3.88. The molecule has 74 valence electrons. The van der Waals surface area contributed by atoms with Crippen LogP contribution in [0.25, 0.3) is 0 Å².